The molecule has 0 aromatic heterocycles. The summed E-state index contributed by atoms with van der Waals surface area (Å²) in [4.78, 5) is 24.8. The van der Waals surface area contributed by atoms with Gasteiger partial charge in [-0.15, -0.1) is 0 Å². The zero-order valence-corrected chi connectivity index (χ0v) is 17.2. The number of nitrogens with one attached hydrogen (secondary N) is 3. The van der Waals surface area contributed by atoms with E-state index in [0.717, 1.165) is 3.57 Å². The van der Waals surface area contributed by atoms with Crippen LogP contribution in [0.15, 0.2) is 53.7 Å². The topological polar surface area (TPSA) is 70.2 Å². The van der Waals surface area contributed by atoms with Gasteiger partial charge in [-0.2, -0.15) is 0 Å². The molecule has 1 atom stereocenters. The molecule has 3 N–H and O–H groups in total. The molecule has 0 unspecified atom stereocenters. The highest BCUT2D eigenvalue weighted by Crippen LogP contribution is 2.32. The van der Waals surface area contributed by atoms with E-state index in [1.165, 1.54) is 0 Å². The largest absolute Gasteiger partial charge is 0.327 e. The lowest BCUT2D eigenvalue weighted by Crippen LogP contribution is -2.45. The summed E-state index contributed by atoms with van der Waals surface area (Å²) >= 11 is 14.3. The lowest BCUT2D eigenvalue weighted by atomic mass is 9.95. The predicted molar refractivity (Wildman–Crippen MR) is 111 cm³/mol. The third-order valence-electron chi connectivity index (χ3n) is 3.89. The molecule has 0 radical (unpaired) electrons. The lowest BCUT2D eigenvalue weighted by molar-refractivity contribution is -0.113. The van der Waals surface area contributed by atoms with Crippen molar-refractivity contribution in [2.24, 2.45) is 0 Å². The third-order valence-corrected chi connectivity index (χ3v) is 5.35. The first-order chi connectivity index (χ1) is 12.3. The van der Waals surface area contributed by atoms with Gasteiger partial charge < -0.3 is 16.0 Å². The molecule has 0 bridgehead atoms. The number of benzene rings is 2. The Morgan fingerprint density at radius 1 is 1.12 bits per heavy atom. The smallest absolute Gasteiger partial charge is 0.319 e. The number of hydrogen-bond acceptors (Lipinski definition) is 2. The predicted octanol–water partition coefficient (Wildman–Crippen LogP) is 4.86. The molecule has 134 valence electrons. The maximum Gasteiger partial charge on any atom is 0.319 e. The highest BCUT2D eigenvalue weighted by atomic mass is 127. The van der Waals surface area contributed by atoms with Crippen LogP contribution in [0, 0.1) is 3.57 Å². The summed E-state index contributed by atoms with van der Waals surface area (Å²) in [7, 11) is 0. The Labute approximate surface area is 174 Å². The van der Waals surface area contributed by atoms with Gasteiger partial charge >= 0.3 is 6.03 Å². The normalized spacial score (nSPS) is 16.8. The summed E-state index contributed by atoms with van der Waals surface area (Å²) in [5, 5.41) is 9.02. The molecule has 0 saturated heterocycles. The SMILES string of the molecule is CC1=C(C(=O)Nc2ccc(I)cc2)[C@@H](c2ccc(Cl)c(Cl)c2)NC(=O)N1. The van der Waals surface area contributed by atoms with Crippen molar-refractivity contribution in [2.75, 3.05) is 5.32 Å². The molecule has 3 amide bonds. The van der Waals surface area contributed by atoms with Crippen molar-refractivity contribution in [3.05, 3.63) is 72.9 Å². The van der Waals surface area contributed by atoms with Gasteiger partial charge in [0.1, 0.15) is 0 Å². The molecule has 5 nitrogen and oxygen atoms in total. The van der Waals surface area contributed by atoms with Crippen LogP contribution in [0.3, 0.4) is 0 Å². The standard InChI is InChI=1S/C18H14Cl2IN3O2/c1-9-15(17(25)23-12-5-3-11(21)4-6-12)16(24-18(26)22-9)10-2-7-13(19)14(20)8-10/h2-8,16H,1H3,(H,23,25)(H2,22,24,26)/t16-/m1/s1. The third kappa shape index (κ3) is 4.13. The maximum atomic E-state index is 12.9. The van der Waals surface area contributed by atoms with Crippen molar-refractivity contribution in [3.63, 3.8) is 0 Å². The van der Waals surface area contributed by atoms with Crippen molar-refractivity contribution in [3.8, 4) is 0 Å². The number of anilines is 1. The Bertz CT molecular complexity index is 913. The van der Waals surface area contributed by atoms with Gasteiger partial charge in [0.05, 0.1) is 21.7 Å². The maximum absolute atomic E-state index is 12.9. The summed E-state index contributed by atoms with van der Waals surface area (Å²) in [6.07, 6.45) is 0. The van der Waals surface area contributed by atoms with Crippen LogP contribution in [-0.4, -0.2) is 11.9 Å². The molecular weight excluding hydrogens is 488 g/mol. The van der Waals surface area contributed by atoms with Gasteiger partial charge in [0.15, 0.2) is 0 Å². The Balaban J connectivity index is 1.95. The lowest BCUT2D eigenvalue weighted by Gasteiger charge is -2.29. The number of halogens is 3. The van der Waals surface area contributed by atoms with Crippen LogP contribution in [0.25, 0.3) is 0 Å². The van der Waals surface area contributed by atoms with E-state index < -0.39 is 6.04 Å². The molecular formula is C18H14Cl2IN3O2. The number of hydrogen-bond donors (Lipinski definition) is 3. The first-order valence-electron chi connectivity index (χ1n) is 7.65. The molecule has 0 aliphatic carbocycles. The molecule has 2 aromatic carbocycles. The molecule has 3 rings (SSSR count). The molecule has 1 heterocycles. The number of carbonyl (C=O) groups is 2. The molecule has 26 heavy (non-hydrogen) atoms. The van der Waals surface area contributed by atoms with Crippen molar-refractivity contribution < 1.29 is 9.59 Å². The average molecular weight is 502 g/mol. The Morgan fingerprint density at radius 3 is 2.46 bits per heavy atom. The Morgan fingerprint density at radius 2 is 1.81 bits per heavy atom. The fourth-order valence-electron chi connectivity index (χ4n) is 2.67. The van der Waals surface area contributed by atoms with Gasteiger partial charge in [-0.25, -0.2) is 4.79 Å². The fraction of sp³-hybridized carbons (Fsp3) is 0.111. The molecule has 2 aromatic rings. The minimum Gasteiger partial charge on any atom is -0.327 e. The van der Waals surface area contributed by atoms with Crippen LogP contribution >= 0.6 is 45.8 Å². The monoisotopic (exact) mass is 501 g/mol. The summed E-state index contributed by atoms with van der Waals surface area (Å²) in [6.45, 7) is 1.69. The zero-order chi connectivity index (χ0) is 18.8. The molecule has 8 heteroatoms. The highest BCUT2D eigenvalue weighted by Gasteiger charge is 2.31. The van der Waals surface area contributed by atoms with Gasteiger partial charge in [0.2, 0.25) is 0 Å². The molecule has 1 aliphatic heterocycles. The quantitative estimate of drug-likeness (QED) is 0.525. The van der Waals surface area contributed by atoms with E-state index in [4.69, 9.17) is 23.2 Å². The van der Waals surface area contributed by atoms with Gasteiger partial charge in [0, 0.05) is 15.0 Å². The van der Waals surface area contributed by atoms with E-state index in [9.17, 15) is 9.59 Å². The molecule has 0 saturated carbocycles. The summed E-state index contributed by atoms with van der Waals surface area (Å²) in [5.74, 6) is -0.313. The van der Waals surface area contributed by atoms with E-state index in [-0.39, 0.29) is 11.9 Å². The van der Waals surface area contributed by atoms with Gasteiger partial charge in [-0.1, -0.05) is 29.3 Å². The second kappa shape index (κ2) is 7.85. The van der Waals surface area contributed by atoms with Crippen LogP contribution in [-0.2, 0) is 4.79 Å². The summed E-state index contributed by atoms with van der Waals surface area (Å²) in [5.41, 5.74) is 2.22. The van der Waals surface area contributed by atoms with E-state index in [2.05, 4.69) is 38.5 Å². The number of allylic oxidation sites excluding steroid dienone is 1. The van der Waals surface area contributed by atoms with Gasteiger partial charge in [-0.05, 0) is 71.5 Å². The van der Waals surface area contributed by atoms with Crippen molar-refractivity contribution in [1.29, 1.82) is 0 Å². The first-order valence-corrected chi connectivity index (χ1v) is 9.49. The van der Waals surface area contributed by atoms with E-state index in [1.54, 1.807) is 25.1 Å². The van der Waals surface area contributed by atoms with E-state index in [0.29, 0.717) is 32.6 Å². The second-order valence-electron chi connectivity index (χ2n) is 5.70. The van der Waals surface area contributed by atoms with Crippen molar-refractivity contribution in [2.45, 2.75) is 13.0 Å². The minimum atomic E-state index is -0.637. The average Bonchev–Trinajstić information content (AvgIpc) is 2.58. The number of amides is 3. The second-order valence-corrected chi connectivity index (χ2v) is 7.76. The van der Waals surface area contributed by atoms with Crippen LogP contribution in [0.4, 0.5) is 10.5 Å². The van der Waals surface area contributed by atoms with Crippen molar-refractivity contribution >= 4 is 63.4 Å². The summed E-state index contributed by atoms with van der Waals surface area (Å²) < 4.78 is 1.07. The molecule has 0 fully saturated rings. The summed E-state index contributed by atoms with van der Waals surface area (Å²) in [6, 6.07) is 11.4. The highest BCUT2D eigenvalue weighted by molar-refractivity contribution is 14.1. The fourth-order valence-corrected chi connectivity index (χ4v) is 3.33. The van der Waals surface area contributed by atoms with Crippen molar-refractivity contribution in [1.82, 2.24) is 10.6 Å². The Hall–Kier alpha value is -1.77. The zero-order valence-electron chi connectivity index (χ0n) is 13.6. The molecule has 1 aliphatic rings. The minimum absolute atomic E-state index is 0.313. The van der Waals surface area contributed by atoms with E-state index in [1.807, 2.05) is 24.3 Å². The number of urea groups is 1. The Kier molecular flexibility index (Phi) is 5.74. The number of carbonyl (C=O) groups excluding carboxylic acids is 2. The van der Waals surface area contributed by atoms with Crippen LogP contribution < -0.4 is 16.0 Å². The molecule has 0 spiro atoms. The van der Waals surface area contributed by atoms with Gasteiger partial charge in [-0.3, -0.25) is 4.79 Å². The van der Waals surface area contributed by atoms with Crippen LogP contribution in [0.5, 0.6) is 0 Å². The van der Waals surface area contributed by atoms with Crippen LogP contribution in [0.2, 0.25) is 10.0 Å². The number of rotatable bonds is 3. The first kappa shape index (κ1) is 19.0. The van der Waals surface area contributed by atoms with E-state index >= 15 is 0 Å². The van der Waals surface area contributed by atoms with Crippen LogP contribution in [0.1, 0.15) is 18.5 Å². The van der Waals surface area contributed by atoms with Gasteiger partial charge in [0.25, 0.3) is 5.91 Å².